The summed E-state index contributed by atoms with van der Waals surface area (Å²) in [7, 11) is 0. The Kier molecular flexibility index (Phi) is 8.26. The first-order valence-electron chi connectivity index (χ1n) is 9.79. The van der Waals surface area contributed by atoms with Crippen LogP contribution in [0.2, 0.25) is 0 Å². The number of carbonyl (C=O) groups is 2. The summed E-state index contributed by atoms with van der Waals surface area (Å²) in [5.74, 6) is -0.318. The number of hydrogen-bond donors (Lipinski definition) is 2. The zero-order valence-corrected chi connectivity index (χ0v) is 17.2. The van der Waals surface area contributed by atoms with Gasteiger partial charge in [0, 0.05) is 13.2 Å². The lowest BCUT2D eigenvalue weighted by atomic mass is 10.1. The first-order valence-corrected chi connectivity index (χ1v) is 9.79. The maximum absolute atomic E-state index is 12.7. The van der Waals surface area contributed by atoms with Crippen molar-refractivity contribution in [1.82, 2.24) is 10.6 Å². The van der Waals surface area contributed by atoms with Crippen LogP contribution in [0.5, 0.6) is 0 Å². The van der Waals surface area contributed by atoms with Gasteiger partial charge >= 0.3 is 6.09 Å². The lowest BCUT2D eigenvalue weighted by Crippen LogP contribution is -2.54. The molecule has 0 bridgehead atoms. The minimum absolute atomic E-state index is 0.0201. The van der Waals surface area contributed by atoms with Crippen molar-refractivity contribution in [3.05, 3.63) is 35.9 Å². The third-order valence-corrected chi connectivity index (χ3v) is 4.31. The molecule has 1 heterocycles. The van der Waals surface area contributed by atoms with Gasteiger partial charge in [-0.3, -0.25) is 4.79 Å². The van der Waals surface area contributed by atoms with Crippen molar-refractivity contribution in [3.8, 4) is 0 Å². The highest BCUT2D eigenvalue weighted by Crippen LogP contribution is 2.12. The lowest BCUT2D eigenvalue weighted by Gasteiger charge is -2.27. The Labute approximate surface area is 167 Å². The summed E-state index contributed by atoms with van der Waals surface area (Å²) in [5.41, 5.74) is 0.335. The van der Waals surface area contributed by atoms with E-state index in [2.05, 4.69) is 10.6 Å². The predicted octanol–water partition coefficient (Wildman–Crippen LogP) is 2.78. The first kappa shape index (κ1) is 22.2. The van der Waals surface area contributed by atoms with E-state index in [4.69, 9.17) is 14.2 Å². The van der Waals surface area contributed by atoms with Gasteiger partial charge in [-0.05, 0) is 46.1 Å². The maximum Gasteiger partial charge on any atom is 0.408 e. The van der Waals surface area contributed by atoms with Crippen LogP contribution in [-0.4, -0.2) is 49.0 Å². The highest BCUT2D eigenvalue weighted by Gasteiger charge is 2.30. The highest BCUT2D eigenvalue weighted by atomic mass is 16.6. The van der Waals surface area contributed by atoms with E-state index in [0.717, 1.165) is 25.0 Å². The van der Waals surface area contributed by atoms with Gasteiger partial charge < -0.3 is 24.8 Å². The van der Waals surface area contributed by atoms with E-state index >= 15 is 0 Å². The van der Waals surface area contributed by atoms with E-state index in [1.807, 2.05) is 30.3 Å². The Morgan fingerprint density at radius 3 is 2.57 bits per heavy atom. The number of alkyl carbamates (subject to hydrolysis) is 1. The van der Waals surface area contributed by atoms with Crippen LogP contribution in [0.3, 0.4) is 0 Å². The molecular formula is C21H32N2O5. The summed E-state index contributed by atoms with van der Waals surface area (Å²) in [6.07, 6.45) is 0.741. The molecule has 2 rings (SSSR count). The van der Waals surface area contributed by atoms with E-state index < -0.39 is 23.8 Å². The molecule has 1 saturated heterocycles. The number of hydrogen-bond acceptors (Lipinski definition) is 5. The molecule has 2 N–H and O–H groups in total. The van der Waals surface area contributed by atoms with Crippen molar-refractivity contribution in [3.63, 3.8) is 0 Å². The Balaban J connectivity index is 1.96. The van der Waals surface area contributed by atoms with Crippen LogP contribution in [0.1, 0.15) is 46.1 Å². The van der Waals surface area contributed by atoms with Gasteiger partial charge in [0.05, 0.1) is 18.8 Å². The Hall–Kier alpha value is -2.12. The van der Waals surface area contributed by atoms with Gasteiger partial charge in [0.25, 0.3) is 0 Å². The second-order valence-electron chi connectivity index (χ2n) is 8.01. The summed E-state index contributed by atoms with van der Waals surface area (Å²) < 4.78 is 16.7. The van der Waals surface area contributed by atoms with Crippen LogP contribution < -0.4 is 10.6 Å². The molecular weight excluding hydrogens is 360 g/mol. The van der Waals surface area contributed by atoms with Crippen LogP contribution in [-0.2, 0) is 25.6 Å². The molecule has 0 spiro atoms. The number of benzene rings is 1. The van der Waals surface area contributed by atoms with Gasteiger partial charge in [0.1, 0.15) is 11.6 Å². The van der Waals surface area contributed by atoms with E-state index in [9.17, 15) is 9.59 Å². The standard InChI is InChI=1S/C21H32N2O5/c1-15(27-14-16-9-6-5-7-10-16)18(23-20(25)28-21(2,3)4)19(24)22-13-17-11-8-12-26-17/h5-7,9-10,15,17-18H,8,11-14H2,1-4H3,(H,22,24)(H,23,25)/t15-,17+,18-/m0/s1. The Morgan fingerprint density at radius 1 is 1.25 bits per heavy atom. The smallest absolute Gasteiger partial charge is 0.408 e. The molecule has 2 amide bonds. The Morgan fingerprint density at radius 2 is 1.96 bits per heavy atom. The van der Waals surface area contributed by atoms with Gasteiger partial charge in [0.15, 0.2) is 0 Å². The minimum Gasteiger partial charge on any atom is -0.444 e. The zero-order chi connectivity index (χ0) is 20.6. The maximum atomic E-state index is 12.7. The van der Waals surface area contributed by atoms with Gasteiger partial charge in [-0.1, -0.05) is 30.3 Å². The van der Waals surface area contributed by atoms with Crippen molar-refractivity contribution in [2.75, 3.05) is 13.2 Å². The molecule has 0 aliphatic carbocycles. The fraction of sp³-hybridized carbons (Fsp3) is 0.619. The normalized spacial score (nSPS) is 18.9. The molecule has 1 fully saturated rings. The largest absolute Gasteiger partial charge is 0.444 e. The average molecular weight is 392 g/mol. The number of nitrogens with one attached hydrogen (secondary N) is 2. The van der Waals surface area contributed by atoms with Gasteiger partial charge in [0.2, 0.25) is 5.91 Å². The quantitative estimate of drug-likeness (QED) is 0.710. The molecule has 1 aliphatic heterocycles. The van der Waals surface area contributed by atoms with Crippen molar-refractivity contribution >= 4 is 12.0 Å². The van der Waals surface area contributed by atoms with Crippen molar-refractivity contribution < 1.29 is 23.8 Å². The molecule has 1 aromatic carbocycles. The molecule has 1 aromatic rings. The van der Waals surface area contributed by atoms with Gasteiger partial charge in [-0.25, -0.2) is 4.79 Å². The van der Waals surface area contributed by atoms with Crippen LogP contribution in [0.4, 0.5) is 4.79 Å². The van der Waals surface area contributed by atoms with Crippen LogP contribution >= 0.6 is 0 Å². The summed E-state index contributed by atoms with van der Waals surface area (Å²) in [6.45, 7) is 8.55. The molecule has 7 nitrogen and oxygen atoms in total. The van der Waals surface area contributed by atoms with E-state index in [-0.39, 0.29) is 12.0 Å². The molecule has 3 atom stereocenters. The summed E-state index contributed by atoms with van der Waals surface area (Å²) >= 11 is 0. The van der Waals surface area contributed by atoms with Crippen LogP contribution in [0.15, 0.2) is 30.3 Å². The molecule has 0 radical (unpaired) electrons. The van der Waals surface area contributed by atoms with E-state index in [1.54, 1.807) is 27.7 Å². The molecule has 0 aromatic heterocycles. The second-order valence-corrected chi connectivity index (χ2v) is 8.01. The Bertz CT molecular complexity index is 623. The fourth-order valence-corrected chi connectivity index (χ4v) is 2.86. The third-order valence-electron chi connectivity index (χ3n) is 4.31. The summed E-state index contributed by atoms with van der Waals surface area (Å²) in [4.78, 5) is 25.0. The SMILES string of the molecule is C[C@H](OCc1ccccc1)[C@H](NC(=O)OC(C)(C)C)C(=O)NC[C@H]1CCCO1. The molecule has 28 heavy (non-hydrogen) atoms. The van der Waals surface area contributed by atoms with Crippen molar-refractivity contribution in [2.24, 2.45) is 0 Å². The fourth-order valence-electron chi connectivity index (χ4n) is 2.86. The zero-order valence-electron chi connectivity index (χ0n) is 17.2. The topological polar surface area (TPSA) is 85.9 Å². The van der Waals surface area contributed by atoms with E-state index in [0.29, 0.717) is 13.2 Å². The number of rotatable bonds is 8. The summed E-state index contributed by atoms with van der Waals surface area (Å²) in [5, 5.41) is 5.50. The number of amides is 2. The lowest BCUT2D eigenvalue weighted by molar-refractivity contribution is -0.127. The molecule has 156 valence electrons. The van der Waals surface area contributed by atoms with Crippen molar-refractivity contribution in [2.45, 2.75) is 71.0 Å². The number of carbonyl (C=O) groups excluding carboxylic acids is 2. The van der Waals surface area contributed by atoms with Crippen LogP contribution in [0.25, 0.3) is 0 Å². The molecule has 0 saturated carbocycles. The van der Waals surface area contributed by atoms with Crippen LogP contribution in [0, 0.1) is 0 Å². The predicted molar refractivity (Wildman–Crippen MR) is 106 cm³/mol. The average Bonchev–Trinajstić information content (AvgIpc) is 3.15. The van der Waals surface area contributed by atoms with Gasteiger partial charge in [-0.15, -0.1) is 0 Å². The van der Waals surface area contributed by atoms with E-state index in [1.165, 1.54) is 0 Å². The summed E-state index contributed by atoms with van der Waals surface area (Å²) in [6, 6.07) is 8.79. The number of ether oxygens (including phenoxy) is 3. The van der Waals surface area contributed by atoms with Gasteiger partial charge in [-0.2, -0.15) is 0 Å². The molecule has 7 heteroatoms. The highest BCUT2D eigenvalue weighted by molar-refractivity contribution is 5.86. The monoisotopic (exact) mass is 392 g/mol. The molecule has 1 aliphatic rings. The minimum atomic E-state index is -0.875. The third kappa shape index (κ3) is 7.86. The molecule has 0 unspecified atom stereocenters. The first-order chi connectivity index (χ1) is 13.2. The second kappa shape index (κ2) is 10.4. The van der Waals surface area contributed by atoms with Crippen molar-refractivity contribution in [1.29, 1.82) is 0 Å².